The number of hydrogen-bond donors (Lipinski definition) is 0. The van der Waals surface area contributed by atoms with Crippen LogP contribution in [0.15, 0.2) is 24.3 Å². The highest BCUT2D eigenvalue weighted by atomic mass is 32.2. The van der Waals surface area contributed by atoms with Crippen LogP contribution in [0.5, 0.6) is 11.5 Å². The largest absolute Gasteiger partial charge is 0.485 e. The molecule has 156 valence electrons. The lowest BCUT2D eigenvalue weighted by atomic mass is 10.1. The minimum Gasteiger partial charge on any atom is -0.485 e. The van der Waals surface area contributed by atoms with Gasteiger partial charge in [0.15, 0.2) is 21.3 Å². The highest BCUT2D eigenvalue weighted by molar-refractivity contribution is 7.91. The van der Waals surface area contributed by atoms with Crippen molar-refractivity contribution in [3.05, 3.63) is 41.2 Å². The standard InChI is InChI=1S/C20H25N3O5S/c1-13-16(14(2)23(21-13)15-8-9-29(25,26)12-15)10-22(3)20(24)19-11-27-17-6-4-5-7-18(17)28-19/h4-7,15,19H,8-12H2,1-3H3/t15-,19+/m0/s1. The number of carbonyl (C=O) groups is 1. The monoisotopic (exact) mass is 419 g/mol. The molecule has 1 aromatic heterocycles. The van der Waals surface area contributed by atoms with E-state index >= 15 is 0 Å². The number of amides is 1. The molecule has 0 bridgehead atoms. The predicted molar refractivity (Wildman–Crippen MR) is 107 cm³/mol. The highest BCUT2D eigenvalue weighted by Crippen LogP contribution is 2.32. The van der Waals surface area contributed by atoms with Crippen molar-refractivity contribution in [2.24, 2.45) is 0 Å². The van der Waals surface area contributed by atoms with E-state index in [4.69, 9.17) is 9.47 Å². The molecule has 2 atom stereocenters. The van der Waals surface area contributed by atoms with Crippen LogP contribution < -0.4 is 9.47 Å². The molecule has 0 radical (unpaired) electrons. The van der Waals surface area contributed by atoms with Gasteiger partial charge >= 0.3 is 0 Å². The van der Waals surface area contributed by atoms with Crippen molar-refractivity contribution in [3.63, 3.8) is 0 Å². The van der Waals surface area contributed by atoms with E-state index in [0.29, 0.717) is 24.5 Å². The van der Waals surface area contributed by atoms with E-state index in [1.165, 1.54) is 0 Å². The van der Waals surface area contributed by atoms with E-state index in [2.05, 4.69) is 5.10 Å². The normalized spacial score (nSPS) is 22.4. The van der Waals surface area contributed by atoms with Crippen molar-refractivity contribution < 1.29 is 22.7 Å². The zero-order chi connectivity index (χ0) is 20.8. The van der Waals surface area contributed by atoms with Crippen LogP contribution in [0, 0.1) is 13.8 Å². The highest BCUT2D eigenvalue weighted by Gasteiger charge is 2.33. The van der Waals surface area contributed by atoms with E-state index in [-0.39, 0.29) is 30.1 Å². The molecule has 4 rings (SSSR count). The Morgan fingerprint density at radius 3 is 2.69 bits per heavy atom. The summed E-state index contributed by atoms with van der Waals surface area (Å²) in [6, 6.07) is 7.14. The molecule has 2 aliphatic rings. The molecule has 3 heterocycles. The molecule has 9 heteroatoms. The van der Waals surface area contributed by atoms with E-state index in [1.807, 2.05) is 36.7 Å². The van der Waals surface area contributed by atoms with Gasteiger partial charge in [0.2, 0.25) is 6.10 Å². The third-order valence-electron chi connectivity index (χ3n) is 5.58. The van der Waals surface area contributed by atoms with Crippen LogP contribution >= 0.6 is 0 Å². The first-order valence-electron chi connectivity index (χ1n) is 9.63. The summed E-state index contributed by atoms with van der Waals surface area (Å²) in [7, 11) is -1.27. The Morgan fingerprint density at radius 2 is 2.00 bits per heavy atom. The number of nitrogens with zero attached hydrogens (tertiary/aromatic N) is 3. The lowest BCUT2D eigenvalue weighted by Gasteiger charge is -2.29. The number of rotatable bonds is 4. The Morgan fingerprint density at radius 1 is 1.28 bits per heavy atom. The van der Waals surface area contributed by atoms with Gasteiger partial charge in [-0.15, -0.1) is 0 Å². The Labute approximate surface area is 170 Å². The number of benzene rings is 1. The number of aromatic nitrogens is 2. The number of ether oxygens (including phenoxy) is 2. The van der Waals surface area contributed by atoms with Crippen LogP contribution in [0.2, 0.25) is 0 Å². The molecule has 0 aliphatic carbocycles. The average Bonchev–Trinajstić information content (AvgIpc) is 3.20. The fourth-order valence-electron chi connectivity index (χ4n) is 3.95. The van der Waals surface area contributed by atoms with Crippen LogP contribution in [0.3, 0.4) is 0 Å². The zero-order valence-electron chi connectivity index (χ0n) is 16.8. The van der Waals surface area contributed by atoms with Gasteiger partial charge in [0, 0.05) is 24.8 Å². The third kappa shape index (κ3) is 3.83. The summed E-state index contributed by atoms with van der Waals surface area (Å²) >= 11 is 0. The molecular formula is C20H25N3O5S. The first-order chi connectivity index (χ1) is 13.7. The van der Waals surface area contributed by atoms with Crippen LogP contribution in [0.1, 0.15) is 29.4 Å². The van der Waals surface area contributed by atoms with E-state index in [1.54, 1.807) is 18.0 Å². The van der Waals surface area contributed by atoms with Gasteiger partial charge in [-0.05, 0) is 32.4 Å². The quantitative estimate of drug-likeness (QED) is 0.749. The molecule has 1 aromatic carbocycles. The summed E-state index contributed by atoms with van der Waals surface area (Å²) in [6.07, 6.45) is -0.129. The van der Waals surface area contributed by atoms with Gasteiger partial charge in [-0.1, -0.05) is 12.1 Å². The summed E-state index contributed by atoms with van der Waals surface area (Å²) in [5.74, 6) is 1.35. The van der Waals surface area contributed by atoms with Gasteiger partial charge in [-0.25, -0.2) is 8.42 Å². The van der Waals surface area contributed by atoms with Gasteiger partial charge in [-0.2, -0.15) is 5.10 Å². The van der Waals surface area contributed by atoms with E-state index in [0.717, 1.165) is 17.0 Å². The SMILES string of the molecule is Cc1nn([C@H]2CCS(=O)(=O)C2)c(C)c1CN(C)C(=O)[C@H]1COc2ccccc2O1. The number of para-hydroxylation sites is 2. The molecule has 0 unspecified atom stereocenters. The summed E-state index contributed by atoms with van der Waals surface area (Å²) < 4.78 is 36.9. The molecule has 0 spiro atoms. The predicted octanol–water partition coefficient (Wildman–Crippen LogP) is 1.66. The second-order valence-corrected chi connectivity index (χ2v) is 9.94. The molecule has 0 saturated carbocycles. The van der Waals surface area contributed by atoms with Gasteiger partial charge < -0.3 is 14.4 Å². The first kappa shape index (κ1) is 19.8. The third-order valence-corrected chi connectivity index (χ3v) is 7.34. The van der Waals surface area contributed by atoms with Crippen molar-refractivity contribution >= 4 is 15.7 Å². The molecule has 8 nitrogen and oxygen atoms in total. The fraction of sp³-hybridized carbons (Fsp3) is 0.500. The van der Waals surface area contributed by atoms with Gasteiger partial charge in [0.25, 0.3) is 5.91 Å². The number of aryl methyl sites for hydroxylation is 1. The molecule has 2 aliphatic heterocycles. The maximum atomic E-state index is 12.9. The number of likely N-dealkylation sites (N-methyl/N-ethyl adjacent to an activating group) is 1. The smallest absolute Gasteiger partial charge is 0.267 e. The molecule has 0 N–H and O–H groups in total. The van der Waals surface area contributed by atoms with Crippen LogP contribution in [-0.4, -0.2) is 60.3 Å². The lowest BCUT2D eigenvalue weighted by molar-refractivity contribution is -0.140. The fourth-order valence-corrected chi connectivity index (χ4v) is 5.64. The minimum absolute atomic E-state index is 0.121. The van der Waals surface area contributed by atoms with Gasteiger partial charge in [0.05, 0.1) is 23.2 Å². The molecule has 1 saturated heterocycles. The Balaban J connectivity index is 1.47. The summed E-state index contributed by atoms with van der Waals surface area (Å²) in [5.41, 5.74) is 2.63. The number of hydrogen-bond acceptors (Lipinski definition) is 6. The van der Waals surface area contributed by atoms with Crippen molar-refractivity contribution in [1.82, 2.24) is 14.7 Å². The summed E-state index contributed by atoms with van der Waals surface area (Å²) in [6.45, 7) is 4.35. The number of sulfone groups is 1. The molecule has 1 amide bonds. The van der Waals surface area contributed by atoms with Crippen molar-refractivity contribution in [2.45, 2.75) is 39.0 Å². The average molecular weight is 420 g/mol. The Kier molecular flexibility index (Phi) is 5.02. The Hall–Kier alpha value is -2.55. The van der Waals surface area contributed by atoms with Crippen molar-refractivity contribution in [3.8, 4) is 11.5 Å². The van der Waals surface area contributed by atoms with Crippen LogP contribution in [0.4, 0.5) is 0 Å². The maximum absolute atomic E-state index is 12.9. The van der Waals surface area contributed by atoms with Gasteiger partial charge in [-0.3, -0.25) is 9.48 Å². The van der Waals surface area contributed by atoms with Crippen molar-refractivity contribution in [1.29, 1.82) is 0 Å². The summed E-state index contributed by atoms with van der Waals surface area (Å²) in [4.78, 5) is 14.5. The topological polar surface area (TPSA) is 90.7 Å². The second kappa shape index (κ2) is 7.37. The van der Waals surface area contributed by atoms with Gasteiger partial charge in [0.1, 0.15) is 6.61 Å². The maximum Gasteiger partial charge on any atom is 0.267 e. The molecular weight excluding hydrogens is 394 g/mol. The first-order valence-corrected chi connectivity index (χ1v) is 11.5. The number of carbonyl (C=O) groups excluding carboxylic acids is 1. The van der Waals surface area contributed by atoms with E-state index < -0.39 is 15.9 Å². The van der Waals surface area contributed by atoms with Crippen LogP contribution in [-0.2, 0) is 21.2 Å². The van der Waals surface area contributed by atoms with Crippen LogP contribution in [0.25, 0.3) is 0 Å². The summed E-state index contributed by atoms with van der Waals surface area (Å²) in [5, 5.41) is 4.57. The minimum atomic E-state index is -3.00. The molecule has 2 aromatic rings. The second-order valence-electron chi connectivity index (χ2n) is 7.71. The molecule has 1 fully saturated rings. The number of fused-ring (bicyclic) bond motifs is 1. The van der Waals surface area contributed by atoms with E-state index in [9.17, 15) is 13.2 Å². The Bertz CT molecular complexity index is 1050. The lowest BCUT2D eigenvalue weighted by Crippen LogP contribution is -2.44. The zero-order valence-corrected chi connectivity index (χ0v) is 17.6. The van der Waals surface area contributed by atoms with Crippen molar-refractivity contribution in [2.75, 3.05) is 25.2 Å². The molecule has 29 heavy (non-hydrogen) atoms.